The van der Waals surface area contributed by atoms with Crippen LogP contribution in [0.15, 0.2) is 0 Å². The molecule has 3 heteroatoms. The second-order valence-electron chi connectivity index (χ2n) is 7.21. The van der Waals surface area contributed by atoms with E-state index in [4.69, 9.17) is 4.74 Å². The van der Waals surface area contributed by atoms with Gasteiger partial charge < -0.3 is 10.1 Å². The average molecular weight is 296 g/mol. The standard InChI is InChI=1S/C18H36N2O/c1-3-11-19-14-18(10-8-13-21-16-18)15-20-12-7-5-6-9-17(20)4-2/h17,19H,3-16H2,1-2H3. The van der Waals surface area contributed by atoms with Crippen molar-refractivity contribution in [2.75, 3.05) is 39.4 Å². The molecule has 1 N–H and O–H groups in total. The van der Waals surface area contributed by atoms with E-state index < -0.39 is 0 Å². The molecule has 124 valence electrons. The Hall–Kier alpha value is -0.120. The van der Waals surface area contributed by atoms with Gasteiger partial charge in [-0.25, -0.2) is 0 Å². The molecule has 2 aliphatic rings. The number of hydrogen-bond donors (Lipinski definition) is 1. The Morgan fingerprint density at radius 3 is 2.81 bits per heavy atom. The molecular weight excluding hydrogens is 260 g/mol. The van der Waals surface area contributed by atoms with Gasteiger partial charge in [0, 0.05) is 31.2 Å². The van der Waals surface area contributed by atoms with E-state index in [-0.39, 0.29) is 0 Å². The summed E-state index contributed by atoms with van der Waals surface area (Å²) in [5.41, 5.74) is 0.352. The van der Waals surface area contributed by atoms with Gasteiger partial charge in [-0.05, 0) is 51.6 Å². The molecule has 3 nitrogen and oxygen atoms in total. The molecule has 0 aromatic rings. The Bertz CT molecular complexity index is 276. The van der Waals surface area contributed by atoms with Crippen molar-refractivity contribution in [3.63, 3.8) is 0 Å². The van der Waals surface area contributed by atoms with Crippen LogP contribution in [0.4, 0.5) is 0 Å². The van der Waals surface area contributed by atoms with Crippen LogP contribution in [-0.4, -0.2) is 50.3 Å². The van der Waals surface area contributed by atoms with Crippen LogP contribution in [0.5, 0.6) is 0 Å². The monoisotopic (exact) mass is 296 g/mol. The minimum absolute atomic E-state index is 0.352. The molecule has 2 atom stereocenters. The fourth-order valence-electron chi connectivity index (χ4n) is 4.10. The molecule has 0 radical (unpaired) electrons. The van der Waals surface area contributed by atoms with Crippen LogP contribution in [0, 0.1) is 5.41 Å². The molecule has 0 saturated carbocycles. The van der Waals surface area contributed by atoms with Gasteiger partial charge in [0.25, 0.3) is 0 Å². The highest BCUT2D eigenvalue weighted by molar-refractivity contribution is 4.89. The average Bonchev–Trinajstić information content (AvgIpc) is 2.73. The first-order valence-corrected chi connectivity index (χ1v) is 9.32. The van der Waals surface area contributed by atoms with Gasteiger partial charge in [0.2, 0.25) is 0 Å². The second kappa shape index (κ2) is 9.12. The summed E-state index contributed by atoms with van der Waals surface area (Å²) in [7, 11) is 0. The zero-order valence-electron chi connectivity index (χ0n) is 14.3. The second-order valence-corrected chi connectivity index (χ2v) is 7.21. The van der Waals surface area contributed by atoms with E-state index in [1.807, 2.05) is 0 Å². The van der Waals surface area contributed by atoms with E-state index in [9.17, 15) is 0 Å². The minimum atomic E-state index is 0.352. The Labute approximate surface area is 131 Å². The van der Waals surface area contributed by atoms with Gasteiger partial charge in [-0.15, -0.1) is 0 Å². The summed E-state index contributed by atoms with van der Waals surface area (Å²) < 4.78 is 5.89. The molecule has 0 amide bonds. The summed E-state index contributed by atoms with van der Waals surface area (Å²) in [5, 5.41) is 3.68. The van der Waals surface area contributed by atoms with Crippen molar-refractivity contribution in [2.45, 2.75) is 71.3 Å². The van der Waals surface area contributed by atoms with Gasteiger partial charge in [0.15, 0.2) is 0 Å². The molecule has 2 unspecified atom stereocenters. The van der Waals surface area contributed by atoms with Crippen molar-refractivity contribution >= 4 is 0 Å². The summed E-state index contributed by atoms with van der Waals surface area (Å²) in [6.07, 6.45) is 10.7. The van der Waals surface area contributed by atoms with Crippen LogP contribution in [-0.2, 0) is 4.74 Å². The van der Waals surface area contributed by atoms with Crippen LogP contribution in [0.25, 0.3) is 0 Å². The lowest BCUT2D eigenvalue weighted by Crippen LogP contribution is -2.51. The molecule has 0 bridgehead atoms. The number of rotatable bonds is 7. The molecule has 0 aromatic heterocycles. The Morgan fingerprint density at radius 1 is 1.19 bits per heavy atom. The summed E-state index contributed by atoms with van der Waals surface area (Å²) >= 11 is 0. The first-order valence-electron chi connectivity index (χ1n) is 9.32. The number of nitrogens with zero attached hydrogens (tertiary/aromatic N) is 1. The fraction of sp³-hybridized carbons (Fsp3) is 1.00. The fourth-order valence-corrected chi connectivity index (χ4v) is 4.10. The van der Waals surface area contributed by atoms with E-state index in [1.54, 1.807) is 0 Å². The van der Waals surface area contributed by atoms with Crippen LogP contribution >= 0.6 is 0 Å². The smallest absolute Gasteiger partial charge is 0.0546 e. The van der Waals surface area contributed by atoms with Gasteiger partial charge in [-0.2, -0.15) is 0 Å². The first-order chi connectivity index (χ1) is 10.3. The van der Waals surface area contributed by atoms with Crippen molar-refractivity contribution in [1.29, 1.82) is 0 Å². The van der Waals surface area contributed by atoms with Gasteiger partial charge >= 0.3 is 0 Å². The van der Waals surface area contributed by atoms with Crippen LogP contribution in [0.2, 0.25) is 0 Å². The zero-order chi connectivity index (χ0) is 15.0. The van der Waals surface area contributed by atoms with Gasteiger partial charge in [0.05, 0.1) is 6.61 Å². The van der Waals surface area contributed by atoms with Crippen molar-refractivity contribution in [1.82, 2.24) is 10.2 Å². The largest absolute Gasteiger partial charge is 0.381 e. The van der Waals surface area contributed by atoms with Gasteiger partial charge in [-0.3, -0.25) is 4.90 Å². The van der Waals surface area contributed by atoms with E-state index in [0.29, 0.717) is 5.41 Å². The highest BCUT2D eigenvalue weighted by atomic mass is 16.5. The molecule has 2 saturated heterocycles. The van der Waals surface area contributed by atoms with Crippen LogP contribution < -0.4 is 5.32 Å². The predicted molar refractivity (Wildman–Crippen MR) is 89.8 cm³/mol. The van der Waals surface area contributed by atoms with E-state index >= 15 is 0 Å². The summed E-state index contributed by atoms with van der Waals surface area (Å²) in [4.78, 5) is 2.80. The van der Waals surface area contributed by atoms with Crippen molar-refractivity contribution in [3.8, 4) is 0 Å². The Kier molecular flexibility index (Phi) is 7.48. The van der Waals surface area contributed by atoms with E-state index in [0.717, 1.165) is 32.3 Å². The van der Waals surface area contributed by atoms with E-state index in [1.165, 1.54) is 64.5 Å². The minimum Gasteiger partial charge on any atom is -0.381 e. The lowest BCUT2D eigenvalue weighted by molar-refractivity contribution is -0.0328. The maximum Gasteiger partial charge on any atom is 0.0546 e. The third kappa shape index (κ3) is 5.22. The van der Waals surface area contributed by atoms with Gasteiger partial charge in [0.1, 0.15) is 0 Å². The highest BCUT2D eigenvalue weighted by Crippen LogP contribution is 2.32. The first kappa shape index (κ1) is 17.2. The third-order valence-electron chi connectivity index (χ3n) is 5.34. The lowest BCUT2D eigenvalue weighted by atomic mass is 9.81. The molecule has 2 rings (SSSR count). The van der Waals surface area contributed by atoms with Gasteiger partial charge in [-0.1, -0.05) is 26.7 Å². The van der Waals surface area contributed by atoms with Crippen molar-refractivity contribution in [2.24, 2.45) is 5.41 Å². The third-order valence-corrected chi connectivity index (χ3v) is 5.34. The zero-order valence-corrected chi connectivity index (χ0v) is 14.3. The number of likely N-dealkylation sites (tertiary alicyclic amines) is 1. The predicted octanol–water partition coefficient (Wildman–Crippen LogP) is 3.44. The van der Waals surface area contributed by atoms with Crippen LogP contribution in [0.3, 0.4) is 0 Å². The normalized spacial score (nSPS) is 32.0. The summed E-state index contributed by atoms with van der Waals surface area (Å²) in [5.74, 6) is 0. The molecular formula is C18H36N2O. The topological polar surface area (TPSA) is 24.5 Å². The lowest BCUT2D eigenvalue weighted by Gasteiger charge is -2.43. The van der Waals surface area contributed by atoms with Crippen molar-refractivity contribution < 1.29 is 4.74 Å². The quantitative estimate of drug-likeness (QED) is 0.728. The summed E-state index contributed by atoms with van der Waals surface area (Å²) in [6, 6.07) is 0.803. The Balaban J connectivity index is 1.98. The number of nitrogens with one attached hydrogen (secondary N) is 1. The maximum atomic E-state index is 5.89. The molecule has 0 aliphatic carbocycles. The van der Waals surface area contributed by atoms with E-state index in [2.05, 4.69) is 24.1 Å². The molecule has 2 heterocycles. The molecule has 0 spiro atoms. The molecule has 2 aliphatic heterocycles. The number of ether oxygens (including phenoxy) is 1. The molecule has 2 fully saturated rings. The van der Waals surface area contributed by atoms with Crippen LogP contribution in [0.1, 0.15) is 65.2 Å². The Morgan fingerprint density at radius 2 is 2.10 bits per heavy atom. The highest BCUT2D eigenvalue weighted by Gasteiger charge is 2.36. The SMILES string of the molecule is CCCNCC1(CN2CCCCCC2CC)CCCOC1. The number of hydrogen-bond acceptors (Lipinski definition) is 3. The summed E-state index contributed by atoms with van der Waals surface area (Å²) in [6.45, 7) is 11.3. The molecule has 21 heavy (non-hydrogen) atoms. The van der Waals surface area contributed by atoms with Crippen molar-refractivity contribution in [3.05, 3.63) is 0 Å². The maximum absolute atomic E-state index is 5.89. The molecule has 0 aromatic carbocycles.